The molecule has 2 fully saturated rings. The maximum atomic E-state index is 4.84. The van der Waals surface area contributed by atoms with Gasteiger partial charge in [0.2, 0.25) is 0 Å². The fraction of sp³-hybridized carbons (Fsp3) is 0.733. The smallest absolute Gasteiger partial charge is 0.136 e. The Balaban J connectivity index is 1.91. The molecule has 0 bridgehead atoms. The highest BCUT2D eigenvalue weighted by Crippen LogP contribution is 2.39. The van der Waals surface area contributed by atoms with E-state index in [-0.39, 0.29) is 0 Å². The number of aromatic nitrogens is 2. The van der Waals surface area contributed by atoms with Gasteiger partial charge in [0, 0.05) is 31.6 Å². The molecule has 0 aromatic carbocycles. The van der Waals surface area contributed by atoms with E-state index in [0.29, 0.717) is 12.0 Å². The molecule has 1 saturated carbocycles. The summed E-state index contributed by atoms with van der Waals surface area (Å²) < 4.78 is 0. The molecule has 2 heterocycles. The predicted molar refractivity (Wildman–Crippen MR) is 78.8 cm³/mol. The van der Waals surface area contributed by atoms with Crippen molar-refractivity contribution in [1.29, 1.82) is 0 Å². The van der Waals surface area contributed by atoms with Gasteiger partial charge in [-0.2, -0.15) is 0 Å². The van der Waals surface area contributed by atoms with Crippen LogP contribution in [0, 0.1) is 0 Å². The summed E-state index contributed by atoms with van der Waals surface area (Å²) in [7, 11) is 1.94. The molecule has 1 aromatic heterocycles. The lowest BCUT2D eigenvalue weighted by Gasteiger charge is -2.36. The summed E-state index contributed by atoms with van der Waals surface area (Å²) in [5, 5.41) is 3.18. The molecule has 104 valence electrons. The Bertz CT molecular complexity index is 442. The lowest BCUT2D eigenvalue weighted by Crippen LogP contribution is -2.39. The van der Waals surface area contributed by atoms with Crippen LogP contribution in [0.4, 0.5) is 11.6 Å². The summed E-state index contributed by atoms with van der Waals surface area (Å²) >= 11 is 0. The lowest BCUT2D eigenvalue weighted by molar-refractivity contribution is 0.446. The first kappa shape index (κ1) is 12.7. The van der Waals surface area contributed by atoms with Gasteiger partial charge in [-0.1, -0.05) is 6.92 Å². The maximum absolute atomic E-state index is 4.84. The highest BCUT2D eigenvalue weighted by Gasteiger charge is 2.29. The van der Waals surface area contributed by atoms with Crippen LogP contribution in [0.5, 0.6) is 0 Å². The zero-order valence-corrected chi connectivity index (χ0v) is 12.0. The van der Waals surface area contributed by atoms with Gasteiger partial charge in [-0.25, -0.2) is 9.97 Å². The van der Waals surface area contributed by atoms with E-state index in [0.717, 1.165) is 24.0 Å². The molecule has 0 spiro atoms. The zero-order valence-electron chi connectivity index (χ0n) is 12.0. The molecule has 4 heteroatoms. The minimum Gasteiger partial charge on any atom is -0.373 e. The summed E-state index contributed by atoms with van der Waals surface area (Å²) in [5.74, 6) is 3.75. The van der Waals surface area contributed by atoms with Gasteiger partial charge in [0.15, 0.2) is 0 Å². The average Bonchev–Trinajstić information content (AvgIpc) is 3.31. The van der Waals surface area contributed by atoms with Crippen LogP contribution in [0.1, 0.15) is 57.2 Å². The Kier molecular flexibility index (Phi) is 3.58. The maximum Gasteiger partial charge on any atom is 0.136 e. The summed E-state index contributed by atoms with van der Waals surface area (Å²) in [6.07, 6.45) is 7.65. The monoisotopic (exact) mass is 260 g/mol. The van der Waals surface area contributed by atoms with Crippen molar-refractivity contribution in [1.82, 2.24) is 9.97 Å². The number of rotatable bonds is 4. The first-order valence-electron chi connectivity index (χ1n) is 7.65. The van der Waals surface area contributed by atoms with Crippen molar-refractivity contribution in [3.63, 3.8) is 0 Å². The molecule has 4 nitrogen and oxygen atoms in total. The topological polar surface area (TPSA) is 41.0 Å². The van der Waals surface area contributed by atoms with Crippen molar-refractivity contribution >= 4 is 11.6 Å². The third-order valence-corrected chi connectivity index (χ3v) is 4.32. The molecule has 1 aliphatic heterocycles. The average molecular weight is 260 g/mol. The molecule has 0 amide bonds. The van der Waals surface area contributed by atoms with Crippen LogP contribution in [0.25, 0.3) is 0 Å². The standard InChI is InChI=1S/C15H24N4/c1-3-12-6-4-5-9-19(12)14-10-13(16-2)17-15(18-14)11-7-8-11/h10-12H,3-9H2,1-2H3,(H,16,17,18). The Hall–Kier alpha value is -1.32. The number of hydrogen-bond donors (Lipinski definition) is 1. The van der Waals surface area contributed by atoms with Gasteiger partial charge in [-0.3, -0.25) is 0 Å². The molecule has 1 unspecified atom stereocenters. The Labute approximate surface area is 115 Å². The van der Waals surface area contributed by atoms with Crippen LogP contribution < -0.4 is 10.2 Å². The third kappa shape index (κ3) is 2.67. The van der Waals surface area contributed by atoms with Gasteiger partial charge in [-0.15, -0.1) is 0 Å². The van der Waals surface area contributed by atoms with Crippen LogP contribution >= 0.6 is 0 Å². The van der Waals surface area contributed by atoms with Crippen molar-refractivity contribution in [2.24, 2.45) is 0 Å². The number of piperidine rings is 1. The molecular weight excluding hydrogens is 236 g/mol. The number of nitrogens with zero attached hydrogens (tertiary/aromatic N) is 3. The van der Waals surface area contributed by atoms with Gasteiger partial charge in [0.05, 0.1) is 0 Å². The molecule has 1 saturated heterocycles. The minimum atomic E-state index is 0.608. The number of hydrogen-bond acceptors (Lipinski definition) is 4. The van der Waals surface area contributed by atoms with Crippen LogP contribution in [-0.2, 0) is 0 Å². The van der Waals surface area contributed by atoms with Crippen molar-refractivity contribution in [3.05, 3.63) is 11.9 Å². The van der Waals surface area contributed by atoms with E-state index in [1.165, 1.54) is 38.5 Å². The van der Waals surface area contributed by atoms with Crippen molar-refractivity contribution in [2.75, 3.05) is 23.8 Å². The van der Waals surface area contributed by atoms with Crippen molar-refractivity contribution in [2.45, 2.75) is 57.4 Å². The minimum absolute atomic E-state index is 0.608. The molecule has 1 atom stereocenters. The fourth-order valence-corrected chi connectivity index (χ4v) is 2.98. The van der Waals surface area contributed by atoms with Gasteiger partial charge < -0.3 is 10.2 Å². The Morgan fingerprint density at radius 2 is 2.11 bits per heavy atom. The second kappa shape index (κ2) is 5.35. The summed E-state index contributed by atoms with van der Waals surface area (Å²) in [6, 6.07) is 2.76. The zero-order chi connectivity index (χ0) is 13.2. The molecular formula is C15H24N4. The molecule has 2 aliphatic rings. The van der Waals surface area contributed by atoms with E-state index in [1.807, 2.05) is 7.05 Å². The van der Waals surface area contributed by atoms with Gasteiger partial charge >= 0.3 is 0 Å². The Morgan fingerprint density at radius 1 is 1.26 bits per heavy atom. The molecule has 1 aromatic rings. The largest absolute Gasteiger partial charge is 0.373 e. The molecule has 1 aliphatic carbocycles. The van der Waals surface area contributed by atoms with Crippen LogP contribution in [-0.4, -0.2) is 29.6 Å². The van der Waals surface area contributed by atoms with Crippen LogP contribution in [0.3, 0.4) is 0 Å². The fourth-order valence-electron chi connectivity index (χ4n) is 2.98. The second-order valence-corrected chi connectivity index (χ2v) is 5.75. The lowest BCUT2D eigenvalue weighted by atomic mass is 10.00. The van der Waals surface area contributed by atoms with E-state index in [4.69, 9.17) is 4.98 Å². The van der Waals surface area contributed by atoms with Crippen molar-refractivity contribution < 1.29 is 0 Å². The quantitative estimate of drug-likeness (QED) is 0.903. The normalized spacial score (nSPS) is 23.5. The molecule has 19 heavy (non-hydrogen) atoms. The molecule has 0 radical (unpaired) electrons. The first-order valence-corrected chi connectivity index (χ1v) is 7.65. The third-order valence-electron chi connectivity index (χ3n) is 4.32. The van der Waals surface area contributed by atoms with Gasteiger partial charge in [0.25, 0.3) is 0 Å². The van der Waals surface area contributed by atoms with E-state index >= 15 is 0 Å². The van der Waals surface area contributed by atoms with E-state index in [2.05, 4.69) is 28.2 Å². The highest BCUT2D eigenvalue weighted by atomic mass is 15.2. The van der Waals surface area contributed by atoms with E-state index < -0.39 is 0 Å². The molecule has 1 N–H and O–H groups in total. The van der Waals surface area contributed by atoms with Gasteiger partial charge in [-0.05, 0) is 38.5 Å². The number of anilines is 2. The van der Waals surface area contributed by atoms with Crippen molar-refractivity contribution in [3.8, 4) is 0 Å². The number of nitrogens with one attached hydrogen (secondary N) is 1. The summed E-state index contributed by atoms with van der Waals surface area (Å²) in [4.78, 5) is 11.9. The Morgan fingerprint density at radius 3 is 2.79 bits per heavy atom. The van der Waals surface area contributed by atoms with E-state index in [1.54, 1.807) is 0 Å². The second-order valence-electron chi connectivity index (χ2n) is 5.75. The first-order chi connectivity index (χ1) is 9.31. The summed E-state index contributed by atoms with van der Waals surface area (Å²) in [6.45, 7) is 3.42. The predicted octanol–water partition coefficient (Wildman–Crippen LogP) is 3.16. The van der Waals surface area contributed by atoms with Crippen LogP contribution in [0.2, 0.25) is 0 Å². The van der Waals surface area contributed by atoms with Gasteiger partial charge in [0.1, 0.15) is 17.5 Å². The summed E-state index contributed by atoms with van der Waals surface area (Å²) in [5.41, 5.74) is 0. The van der Waals surface area contributed by atoms with Crippen LogP contribution in [0.15, 0.2) is 6.07 Å². The highest BCUT2D eigenvalue weighted by molar-refractivity contribution is 5.50. The SMILES string of the molecule is CCC1CCCCN1c1cc(NC)nc(C2CC2)n1. The van der Waals surface area contributed by atoms with E-state index in [9.17, 15) is 0 Å². The molecule has 3 rings (SSSR count).